The first-order valence-corrected chi connectivity index (χ1v) is 5.20. The van der Waals surface area contributed by atoms with Crippen LogP contribution in [-0.2, 0) is 4.74 Å². The third kappa shape index (κ3) is 2.02. The van der Waals surface area contributed by atoms with Crippen LogP contribution in [-0.4, -0.2) is 32.6 Å². The van der Waals surface area contributed by atoms with Crippen molar-refractivity contribution in [2.24, 2.45) is 0 Å². The van der Waals surface area contributed by atoms with Crippen molar-refractivity contribution in [1.29, 1.82) is 0 Å². The van der Waals surface area contributed by atoms with Gasteiger partial charge in [0.25, 0.3) is 0 Å². The number of carbonyl (C=O) groups excluding carboxylic acids is 1. The first kappa shape index (κ1) is 10.2. The maximum atomic E-state index is 11.0. The predicted molar refractivity (Wildman–Crippen MR) is 59.6 cm³/mol. The quantitative estimate of drug-likeness (QED) is 0.687. The molecule has 0 saturated carbocycles. The maximum Gasteiger partial charge on any atom is 0.152 e. The molecule has 0 N–H and O–H groups in total. The molecule has 3 nitrogen and oxygen atoms in total. The van der Waals surface area contributed by atoms with E-state index in [4.69, 9.17) is 4.74 Å². The van der Waals surface area contributed by atoms with Gasteiger partial charge in [-0.05, 0) is 18.6 Å². The van der Waals surface area contributed by atoms with Crippen LogP contribution in [0.2, 0.25) is 0 Å². The van der Waals surface area contributed by atoms with E-state index in [1.165, 1.54) is 0 Å². The normalized spacial score (nSPS) is 16.5. The summed E-state index contributed by atoms with van der Waals surface area (Å²) < 4.78 is 5.29. The number of rotatable bonds is 2. The summed E-state index contributed by atoms with van der Waals surface area (Å²) in [4.78, 5) is 13.2. The number of hydrogen-bond acceptors (Lipinski definition) is 3. The molecule has 3 heteroatoms. The second-order valence-electron chi connectivity index (χ2n) is 3.72. The lowest BCUT2D eigenvalue weighted by Gasteiger charge is -2.30. The Morgan fingerprint density at radius 2 is 2.07 bits per heavy atom. The van der Waals surface area contributed by atoms with E-state index in [1.54, 1.807) is 0 Å². The molecule has 0 unspecified atom stereocenters. The van der Waals surface area contributed by atoms with Gasteiger partial charge in [0.05, 0.1) is 13.2 Å². The highest BCUT2D eigenvalue weighted by atomic mass is 16.5. The maximum absolute atomic E-state index is 11.0. The average molecular weight is 205 g/mol. The van der Waals surface area contributed by atoms with Crippen molar-refractivity contribution in [2.45, 2.75) is 6.92 Å². The van der Waals surface area contributed by atoms with Gasteiger partial charge in [0, 0.05) is 24.3 Å². The summed E-state index contributed by atoms with van der Waals surface area (Å²) in [5.41, 5.74) is 2.88. The second kappa shape index (κ2) is 4.45. The number of ether oxygens (including phenoxy) is 1. The van der Waals surface area contributed by atoms with Crippen LogP contribution in [0, 0.1) is 6.92 Å². The van der Waals surface area contributed by atoms with Gasteiger partial charge in [-0.25, -0.2) is 0 Å². The average Bonchev–Trinajstić information content (AvgIpc) is 2.30. The fourth-order valence-corrected chi connectivity index (χ4v) is 1.90. The Hall–Kier alpha value is -1.35. The minimum Gasteiger partial charge on any atom is -0.378 e. The van der Waals surface area contributed by atoms with E-state index in [-0.39, 0.29) is 0 Å². The smallest absolute Gasteiger partial charge is 0.152 e. The van der Waals surface area contributed by atoms with Crippen LogP contribution in [0.15, 0.2) is 18.2 Å². The molecule has 0 amide bonds. The molecule has 0 aliphatic carbocycles. The summed E-state index contributed by atoms with van der Waals surface area (Å²) in [6, 6.07) is 5.96. The molecule has 15 heavy (non-hydrogen) atoms. The Labute approximate surface area is 89.7 Å². The first-order chi connectivity index (χ1) is 7.33. The zero-order chi connectivity index (χ0) is 10.7. The van der Waals surface area contributed by atoms with Crippen LogP contribution in [0.3, 0.4) is 0 Å². The Kier molecular flexibility index (Phi) is 3.02. The first-order valence-electron chi connectivity index (χ1n) is 5.20. The molecule has 0 atom stereocenters. The Balaban J connectivity index is 2.33. The highest BCUT2D eigenvalue weighted by molar-refractivity contribution is 5.86. The van der Waals surface area contributed by atoms with Gasteiger partial charge in [-0.1, -0.05) is 12.1 Å². The standard InChI is InChI=1S/C12H15NO2/c1-10-3-2-4-12(11(10)9-14)13-5-7-15-8-6-13/h2-4,9H,5-8H2,1H3. The molecule has 1 saturated heterocycles. The van der Waals surface area contributed by atoms with Crippen LogP contribution < -0.4 is 4.90 Å². The molecule has 1 aromatic carbocycles. The van der Waals surface area contributed by atoms with Crippen molar-refractivity contribution >= 4 is 12.0 Å². The molecule has 1 aliphatic rings. The Bertz CT molecular complexity index is 357. The van der Waals surface area contributed by atoms with Crippen molar-refractivity contribution in [1.82, 2.24) is 0 Å². The molecule has 0 bridgehead atoms. The van der Waals surface area contributed by atoms with Crippen molar-refractivity contribution in [2.75, 3.05) is 31.2 Å². The summed E-state index contributed by atoms with van der Waals surface area (Å²) in [5, 5.41) is 0. The minimum atomic E-state index is 0.742. The molecule has 1 fully saturated rings. The largest absolute Gasteiger partial charge is 0.378 e. The SMILES string of the molecule is Cc1cccc(N2CCOCC2)c1C=O. The fourth-order valence-electron chi connectivity index (χ4n) is 1.90. The van der Waals surface area contributed by atoms with Gasteiger partial charge in [-0.2, -0.15) is 0 Å². The van der Waals surface area contributed by atoms with Crippen molar-refractivity contribution in [3.05, 3.63) is 29.3 Å². The van der Waals surface area contributed by atoms with Crippen molar-refractivity contribution < 1.29 is 9.53 Å². The summed E-state index contributed by atoms with van der Waals surface area (Å²) in [7, 11) is 0. The second-order valence-corrected chi connectivity index (χ2v) is 3.72. The van der Waals surface area contributed by atoms with E-state index >= 15 is 0 Å². The predicted octanol–water partition coefficient (Wildman–Crippen LogP) is 1.64. The zero-order valence-electron chi connectivity index (χ0n) is 8.90. The lowest BCUT2D eigenvalue weighted by molar-refractivity contribution is 0.111. The molecule has 2 rings (SSSR count). The number of aldehydes is 1. The Morgan fingerprint density at radius 3 is 2.73 bits per heavy atom. The molecular formula is C12H15NO2. The van der Waals surface area contributed by atoms with Crippen LogP contribution >= 0.6 is 0 Å². The summed E-state index contributed by atoms with van der Waals surface area (Å²) in [6.07, 6.45) is 0.945. The van der Waals surface area contributed by atoms with Crippen LogP contribution in [0.4, 0.5) is 5.69 Å². The number of benzene rings is 1. The van der Waals surface area contributed by atoms with Gasteiger partial charge in [0.15, 0.2) is 6.29 Å². The number of nitrogens with zero attached hydrogens (tertiary/aromatic N) is 1. The van der Waals surface area contributed by atoms with Crippen molar-refractivity contribution in [3.8, 4) is 0 Å². The van der Waals surface area contributed by atoms with E-state index in [0.717, 1.165) is 49.4 Å². The summed E-state index contributed by atoms with van der Waals surface area (Å²) in [5.74, 6) is 0. The highest BCUT2D eigenvalue weighted by Gasteiger charge is 2.15. The van der Waals surface area contributed by atoms with Gasteiger partial charge >= 0.3 is 0 Å². The van der Waals surface area contributed by atoms with Gasteiger partial charge in [0.2, 0.25) is 0 Å². The van der Waals surface area contributed by atoms with Crippen molar-refractivity contribution in [3.63, 3.8) is 0 Å². The molecule has 1 aliphatic heterocycles. The lowest BCUT2D eigenvalue weighted by atomic mass is 10.1. The van der Waals surface area contributed by atoms with Gasteiger partial charge < -0.3 is 9.64 Å². The number of carbonyl (C=O) groups is 1. The van der Waals surface area contributed by atoms with Crippen LogP contribution in [0.25, 0.3) is 0 Å². The molecule has 80 valence electrons. The highest BCUT2D eigenvalue weighted by Crippen LogP contribution is 2.22. The van der Waals surface area contributed by atoms with Gasteiger partial charge in [-0.3, -0.25) is 4.79 Å². The monoisotopic (exact) mass is 205 g/mol. The van der Waals surface area contributed by atoms with Gasteiger partial charge in [0.1, 0.15) is 0 Å². The molecule has 0 radical (unpaired) electrons. The molecule has 1 aromatic rings. The topological polar surface area (TPSA) is 29.5 Å². The van der Waals surface area contributed by atoms with E-state index in [2.05, 4.69) is 4.90 Å². The summed E-state index contributed by atoms with van der Waals surface area (Å²) in [6.45, 7) is 5.18. The van der Waals surface area contributed by atoms with Gasteiger partial charge in [-0.15, -0.1) is 0 Å². The molecular weight excluding hydrogens is 190 g/mol. The van der Waals surface area contributed by atoms with E-state index in [9.17, 15) is 4.79 Å². The molecule has 0 spiro atoms. The number of morpholine rings is 1. The third-order valence-corrected chi connectivity index (χ3v) is 2.77. The molecule has 0 aromatic heterocycles. The van der Waals surface area contributed by atoms with E-state index < -0.39 is 0 Å². The van der Waals surface area contributed by atoms with E-state index in [1.807, 2.05) is 25.1 Å². The lowest BCUT2D eigenvalue weighted by Crippen LogP contribution is -2.36. The minimum absolute atomic E-state index is 0.742. The number of hydrogen-bond donors (Lipinski definition) is 0. The third-order valence-electron chi connectivity index (χ3n) is 2.77. The van der Waals surface area contributed by atoms with Crippen LogP contribution in [0.5, 0.6) is 0 Å². The van der Waals surface area contributed by atoms with Crippen LogP contribution in [0.1, 0.15) is 15.9 Å². The summed E-state index contributed by atoms with van der Waals surface area (Å²) >= 11 is 0. The molecule has 1 heterocycles. The number of aryl methyl sites for hydroxylation is 1. The number of anilines is 1. The zero-order valence-corrected chi connectivity index (χ0v) is 8.90. The Morgan fingerprint density at radius 1 is 1.33 bits per heavy atom. The fraction of sp³-hybridized carbons (Fsp3) is 0.417. The van der Waals surface area contributed by atoms with E-state index in [0.29, 0.717) is 0 Å².